The third-order valence-corrected chi connectivity index (χ3v) is 2.43. The molecule has 1 rings (SSSR count). The predicted octanol–water partition coefficient (Wildman–Crippen LogP) is 2.58. The van der Waals surface area contributed by atoms with Crippen molar-refractivity contribution in [3.8, 4) is 0 Å². The summed E-state index contributed by atoms with van der Waals surface area (Å²) < 4.78 is 26.0. The lowest BCUT2D eigenvalue weighted by molar-refractivity contribution is -0.166. The van der Waals surface area contributed by atoms with Crippen molar-refractivity contribution in [2.24, 2.45) is 0 Å². The summed E-state index contributed by atoms with van der Waals surface area (Å²) in [6.07, 6.45) is 1.73. The van der Waals surface area contributed by atoms with Gasteiger partial charge in [0.1, 0.15) is 0 Å². The molecular weight excluding hydrogens is 210 g/mol. The number of alkyl halides is 2. The number of carbonyl (C=O) groups is 1. The van der Waals surface area contributed by atoms with E-state index in [1.807, 2.05) is 0 Å². The topological polar surface area (TPSA) is 37.3 Å². The number of aliphatic carboxylic acids is 1. The predicted molar refractivity (Wildman–Crippen MR) is 49.8 cm³/mol. The molecule has 0 unspecified atom stereocenters. The maximum absolute atomic E-state index is 13.0. The van der Waals surface area contributed by atoms with Crippen LogP contribution >= 0.6 is 11.8 Å². The van der Waals surface area contributed by atoms with Gasteiger partial charge in [-0.1, -0.05) is 12.1 Å². The van der Waals surface area contributed by atoms with Gasteiger partial charge in [0.15, 0.2) is 0 Å². The summed E-state index contributed by atoms with van der Waals surface area (Å²) in [4.78, 5) is 10.9. The molecule has 0 heterocycles. The van der Waals surface area contributed by atoms with Crippen molar-refractivity contribution < 1.29 is 18.7 Å². The fraction of sp³-hybridized carbons (Fsp3) is 0.222. The van der Waals surface area contributed by atoms with Crippen molar-refractivity contribution in [3.63, 3.8) is 0 Å². The van der Waals surface area contributed by atoms with Crippen molar-refractivity contribution in [2.75, 3.05) is 6.26 Å². The highest BCUT2D eigenvalue weighted by molar-refractivity contribution is 7.98. The van der Waals surface area contributed by atoms with Gasteiger partial charge in [-0.05, 0) is 18.4 Å². The zero-order valence-electron chi connectivity index (χ0n) is 7.33. The van der Waals surface area contributed by atoms with Crippen molar-refractivity contribution in [1.82, 2.24) is 0 Å². The third kappa shape index (κ3) is 2.04. The largest absolute Gasteiger partial charge is 0.477 e. The molecular formula is C9H8F2O2S. The van der Waals surface area contributed by atoms with E-state index in [1.54, 1.807) is 12.3 Å². The minimum Gasteiger partial charge on any atom is -0.477 e. The number of hydrogen-bond acceptors (Lipinski definition) is 2. The summed E-state index contributed by atoms with van der Waals surface area (Å²) in [6, 6.07) is 5.34. The van der Waals surface area contributed by atoms with E-state index in [2.05, 4.69) is 0 Å². The van der Waals surface area contributed by atoms with Crippen LogP contribution in [0.25, 0.3) is 0 Å². The fourth-order valence-electron chi connectivity index (χ4n) is 0.942. The van der Waals surface area contributed by atoms with Crippen molar-refractivity contribution in [2.45, 2.75) is 10.8 Å². The quantitative estimate of drug-likeness (QED) is 0.792. The number of rotatable bonds is 3. The van der Waals surface area contributed by atoms with E-state index in [9.17, 15) is 13.6 Å². The second-order valence-electron chi connectivity index (χ2n) is 2.61. The molecule has 1 aromatic carbocycles. The minimum absolute atomic E-state index is 0.489. The maximum atomic E-state index is 13.0. The monoisotopic (exact) mass is 218 g/mol. The molecule has 0 radical (unpaired) electrons. The Balaban J connectivity index is 3.12. The first-order chi connectivity index (χ1) is 6.48. The van der Waals surface area contributed by atoms with Gasteiger partial charge in [-0.3, -0.25) is 0 Å². The van der Waals surface area contributed by atoms with Gasteiger partial charge < -0.3 is 5.11 Å². The molecule has 1 N–H and O–H groups in total. The maximum Gasteiger partial charge on any atom is 0.379 e. The van der Waals surface area contributed by atoms with Crippen LogP contribution in [0.1, 0.15) is 5.56 Å². The molecule has 1 aromatic rings. The zero-order chi connectivity index (χ0) is 10.8. The van der Waals surface area contributed by atoms with E-state index in [4.69, 9.17) is 5.11 Å². The fourth-order valence-corrected chi connectivity index (χ4v) is 1.40. The Kier molecular flexibility index (Phi) is 3.10. The first kappa shape index (κ1) is 11.0. The lowest BCUT2D eigenvalue weighted by Gasteiger charge is -2.11. The second kappa shape index (κ2) is 3.96. The van der Waals surface area contributed by atoms with Gasteiger partial charge in [-0.25, -0.2) is 4.79 Å². The van der Waals surface area contributed by atoms with E-state index in [-0.39, 0.29) is 0 Å². The highest BCUT2D eigenvalue weighted by Crippen LogP contribution is 2.30. The molecule has 0 bridgehead atoms. The molecule has 0 saturated heterocycles. The molecule has 0 fully saturated rings. The number of thioether (sulfide) groups is 1. The van der Waals surface area contributed by atoms with Crippen LogP contribution in [0.2, 0.25) is 0 Å². The Morgan fingerprint density at radius 2 is 2.14 bits per heavy atom. The Hall–Kier alpha value is -1.10. The molecule has 0 aliphatic rings. The third-order valence-electron chi connectivity index (χ3n) is 1.70. The average molecular weight is 218 g/mol. The minimum atomic E-state index is -3.81. The van der Waals surface area contributed by atoms with Crippen molar-refractivity contribution in [1.29, 1.82) is 0 Å². The Morgan fingerprint density at radius 1 is 1.50 bits per heavy atom. The molecule has 5 heteroatoms. The lowest BCUT2D eigenvalue weighted by atomic mass is 10.1. The molecule has 0 aromatic heterocycles. The second-order valence-corrected chi connectivity index (χ2v) is 3.49. The standard InChI is InChI=1S/C9H8F2O2S/c1-14-7-4-2-3-6(5-7)9(10,11)8(12)13/h2-5H,1H3,(H,12,13). The first-order valence-corrected chi connectivity index (χ1v) is 4.96. The van der Waals surface area contributed by atoms with Gasteiger partial charge in [-0.15, -0.1) is 11.8 Å². The van der Waals surface area contributed by atoms with Crippen LogP contribution < -0.4 is 0 Å². The van der Waals surface area contributed by atoms with Gasteiger partial charge in [0.05, 0.1) is 0 Å². The van der Waals surface area contributed by atoms with Crippen molar-refractivity contribution in [3.05, 3.63) is 29.8 Å². The van der Waals surface area contributed by atoms with Gasteiger partial charge in [0.25, 0.3) is 0 Å². The summed E-state index contributed by atoms with van der Waals surface area (Å²) in [5.41, 5.74) is -0.489. The van der Waals surface area contributed by atoms with Crippen LogP contribution in [-0.4, -0.2) is 17.3 Å². The molecule has 0 aliphatic carbocycles. The van der Waals surface area contributed by atoms with Gasteiger partial charge in [-0.2, -0.15) is 8.78 Å². The summed E-state index contributed by atoms with van der Waals surface area (Å²) in [7, 11) is 0. The highest BCUT2D eigenvalue weighted by atomic mass is 32.2. The SMILES string of the molecule is CSc1cccc(C(F)(F)C(=O)O)c1. The van der Waals surface area contributed by atoms with Gasteiger partial charge >= 0.3 is 11.9 Å². The first-order valence-electron chi connectivity index (χ1n) is 3.74. The smallest absolute Gasteiger partial charge is 0.379 e. The van der Waals surface area contributed by atoms with Crippen LogP contribution in [0.5, 0.6) is 0 Å². The molecule has 0 amide bonds. The van der Waals surface area contributed by atoms with E-state index in [1.165, 1.54) is 23.9 Å². The number of carboxylic acids is 1. The number of hydrogen-bond donors (Lipinski definition) is 1. The summed E-state index contributed by atoms with van der Waals surface area (Å²) >= 11 is 1.28. The normalized spacial score (nSPS) is 11.4. The summed E-state index contributed by atoms with van der Waals surface area (Å²) in [5.74, 6) is -5.94. The van der Waals surface area contributed by atoms with E-state index >= 15 is 0 Å². The van der Waals surface area contributed by atoms with Crippen LogP contribution in [0.3, 0.4) is 0 Å². The lowest BCUT2D eigenvalue weighted by Crippen LogP contribution is -2.25. The van der Waals surface area contributed by atoms with Crippen LogP contribution in [-0.2, 0) is 10.7 Å². The summed E-state index contributed by atoms with van der Waals surface area (Å²) in [6.45, 7) is 0. The Bertz CT molecular complexity index is 352. The van der Waals surface area contributed by atoms with E-state index < -0.39 is 17.5 Å². The molecule has 0 aliphatic heterocycles. The van der Waals surface area contributed by atoms with E-state index in [0.29, 0.717) is 4.90 Å². The molecule has 0 saturated carbocycles. The van der Waals surface area contributed by atoms with Crippen LogP contribution in [0.15, 0.2) is 29.2 Å². The van der Waals surface area contributed by atoms with Gasteiger partial charge in [0.2, 0.25) is 0 Å². The van der Waals surface area contributed by atoms with E-state index in [0.717, 1.165) is 6.07 Å². The van der Waals surface area contributed by atoms with Crippen LogP contribution in [0.4, 0.5) is 8.78 Å². The number of carboxylic acid groups (broad SMARTS) is 1. The average Bonchev–Trinajstić information content (AvgIpc) is 2.17. The molecule has 76 valence electrons. The zero-order valence-corrected chi connectivity index (χ0v) is 8.15. The number of halogens is 2. The highest BCUT2D eigenvalue weighted by Gasteiger charge is 2.40. The molecule has 0 atom stereocenters. The Labute approximate surface area is 83.9 Å². The molecule has 0 spiro atoms. The summed E-state index contributed by atoms with van der Waals surface area (Å²) in [5, 5.41) is 8.30. The molecule has 14 heavy (non-hydrogen) atoms. The van der Waals surface area contributed by atoms with Gasteiger partial charge in [0, 0.05) is 10.5 Å². The number of benzene rings is 1. The van der Waals surface area contributed by atoms with Crippen LogP contribution in [0, 0.1) is 0 Å². The van der Waals surface area contributed by atoms with Crippen molar-refractivity contribution >= 4 is 17.7 Å². The molecule has 2 nitrogen and oxygen atoms in total. The Morgan fingerprint density at radius 3 is 2.64 bits per heavy atom.